The molecular formula is C16H14N4O. The fourth-order valence-corrected chi connectivity index (χ4v) is 2.66. The molecule has 0 amide bonds. The first-order valence-corrected chi connectivity index (χ1v) is 6.83. The average molecular weight is 278 g/mol. The molecule has 0 saturated heterocycles. The van der Waals surface area contributed by atoms with Crippen LogP contribution in [0.5, 0.6) is 5.75 Å². The number of aromatic nitrogens is 3. The van der Waals surface area contributed by atoms with E-state index in [2.05, 4.69) is 21.0 Å². The Bertz CT molecular complexity index is 795. The molecule has 104 valence electrons. The summed E-state index contributed by atoms with van der Waals surface area (Å²) in [6.45, 7) is 0.749. The summed E-state index contributed by atoms with van der Waals surface area (Å²) >= 11 is 0. The van der Waals surface area contributed by atoms with Crippen molar-refractivity contribution in [1.82, 2.24) is 15.0 Å². The van der Waals surface area contributed by atoms with Gasteiger partial charge in [0.1, 0.15) is 5.75 Å². The standard InChI is InChI=1S/C16H14N4O/c17-16-19-14(10-3-6-18-7-4-10)15(20-16)12-1-2-13-11(9-12)5-8-21-13/h1-4,6-7,9H,5,8H2,(H3,17,19,20). The number of nitrogens with zero attached hydrogens (tertiary/aromatic N) is 2. The monoisotopic (exact) mass is 278 g/mol. The fourth-order valence-electron chi connectivity index (χ4n) is 2.66. The van der Waals surface area contributed by atoms with Crippen LogP contribution in [0.2, 0.25) is 0 Å². The molecule has 0 spiro atoms. The van der Waals surface area contributed by atoms with E-state index in [1.807, 2.05) is 24.3 Å². The van der Waals surface area contributed by atoms with Crippen LogP contribution in [0, 0.1) is 0 Å². The van der Waals surface area contributed by atoms with Crippen LogP contribution in [0.15, 0.2) is 42.7 Å². The lowest BCUT2D eigenvalue weighted by atomic mass is 10.0. The predicted octanol–water partition coefficient (Wildman–Crippen LogP) is 2.66. The van der Waals surface area contributed by atoms with Crippen LogP contribution >= 0.6 is 0 Å². The highest BCUT2D eigenvalue weighted by molar-refractivity contribution is 5.80. The predicted molar refractivity (Wildman–Crippen MR) is 80.9 cm³/mol. The molecule has 0 saturated carbocycles. The van der Waals surface area contributed by atoms with Crippen LogP contribution < -0.4 is 10.5 Å². The minimum absolute atomic E-state index is 0.411. The van der Waals surface area contributed by atoms with Crippen molar-refractivity contribution in [2.45, 2.75) is 6.42 Å². The van der Waals surface area contributed by atoms with E-state index in [-0.39, 0.29) is 0 Å². The number of nitrogen functional groups attached to an aromatic ring is 1. The van der Waals surface area contributed by atoms with Crippen molar-refractivity contribution in [3.05, 3.63) is 48.3 Å². The van der Waals surface area contributed by atoms with Gasteiger partial charge in [-0.15, -0.1) is 0 Å². The number of imidazole rings is 1. The molecular weight excluding hydrogens is 264 g/mol. The number of hydrogen-bond acceptors (Lipinski definition) is 4. The van der Waals surface area contributed by atoms with Crippen molar-refractivity contribution in [2.75, 3.05) is 12.3 Å². The molecule has 0 fully saturated rings. The second-order valence-electron chi connectivity index (χ2n) is 5.00. The van der Waals surface area contributed by atoms with Crippen LogP contribution in [0.4, 0.5) is 5.95 Å². The fraction of sp³-hybridized carbons (Fsp3) is 0.125. The number of fused-ring (bicyclic) bond motifs is 1. The Kier molecular flexibility index (Phi) is 2.64. The zero-order valence-corrected chi connectivity index (χ0v) is 11.3. The smallest absolute Gasteiger partial charge is 0.198 e. The Morgan fingerprint density at radius 2 is 1.95 bits per heavy atom. The summed E-state index contributed by atoms with van der Waals surface area (Å²) in [5, 5.41) is 0. The quantitative estimate of drug-likeness (QED) is 0.755. The van der Waals surface area contributed by atoms with Crippen molar-refractivity contribution in [1.29, 1.82) is 0 Å². The van der Waals surface area contributed by atoms with Gasteiger partial charge in [0.15, 0.2) is 5.95 Å². The highest BCUT2D eigenvalue weighted by Crippen LogP contribution is 2.34. The molecule has 1 aliphatic heterocycles. The summed E-state index contributed by atoms with van der Waals surface area (Å²) in [5.74, 6) is 1.38. The van der Waals surface area contributed by atoms with Crippen LogP contribution in [0.25, 0.3) is 22.5 Å². The van der Waals surface area contributed by atoms with Gasteiger partial charge < -0.3 is 15.5 Å². The minimum atomic E-state index is 0.411. The molecule has 0 radical (unpaired) electrons. The van der Waals surface area contributed by atoms with E-state index in [9.17, 15) is 0 Å². The van der Waals surface area contributed by atoms with Crippen molar-refractivity contribution >= 4 is 5.95 Å². The van der Waals surface area contributed by atoms with E-state index in [1.165, 1.54) is 5.56 Å². The Hall–Kier alpha value is -2.82. The molecule has 1 aromatic carbocycles. The van der Waals surface area contributed by atoms with Crippen LogP contribution in [0.3, 0.4) is 0 Å². The number of rotatable bonds is 2. The maximum atomic E-state index is 5.86. The third kappa shape index (κ3) is 2.03. The number of ether oxygens (including phenoxy) is 1. The number of hydrogen-bond donors (Lipinski definition) is 2. The van der Waals surface area contributed by atoms with Gasteiger partial charge in [-0.1, -0.05) is 0 Å². The topological polar surface area (TPSA) is 76.8 Å². The van der Waals surface area contributed by atoms with Gasteiger partial charge in [0.25, 0.3) is 0 Å². The molecule has 3 aromatic rings. The van der Waals surface area contributed by atoms with Crippen LogP contribution in [-0.2, 0) is 6.42 Å². The lowest BCUT2D eigenvalue weighted by Gasteiger charge is -2.05. The summed E-state index contributed by atoms with van der Waals surface area (Å²) in [7, 11) is 0. The Labute approximate surface area is 121 Å². The second kappa shape index (κ2) is 4.63. The molecule has 0 aliphatic carbocycles. The van der Waals surface area contributed by atoms with Crippen molar-refractivity contribution in [3.63, 3.8) is 0 Å². The first-order valence-electron chi connectivity index (χ1n) is 6.83. The van der Waals surface area contributed by atoms with Gasteiger partial charge in [0, 0.05) is 29.9 Å². The van der Waals surface area contributed by atoms with Gasteiger partial charge in [0.05, 0.1) is 18.0 Å². The molecule has 0 bridgehead atoms. The molecule has 5 heteroatoms. The Balaban J connectivity index is 1.86. The number of pyridine rings is 1. The molecule has 21 heavy (non-hydrogen) atoms. The molecule has 1 aliphatic rings. The Morgan fingerprint density at radius 3 is 2.81 bits per heavy atom. The van der Waals surface area contributed by atoms with Gasteiger partial charge >= 0.3 is 0 Å². The number of nitrogens with two attached hydrogens (primary N) is 1. The summed E-state index contributed by atoms with van der Waals surface area (Å²) in [4.78, 5) is 11.6. The number of benzene rings is 1. The second-order valence-corrected chi connectivity index (χ2v) is 5.00. The van der Waals surface area contributed by atoms with E-state index in [0.29, 0.717) is 5.95 Å². The molecule has 3 N–H and O–H groups in total. The highest BCUT2D eigenvalue weighted by atomic mass is 16.5. The molecule has 4 rings (SSSR count). The van der Waals surface area contributed by atoms with Crippen molar-refractivity contribution < 1.29 is 4.74 Å². The van der Waals surface area contributed by atoms with Crippen molar-refractivity contribution in [2.24, 2.45) is 0 Å². The van der Waals surface area contributed by atoms with E-state index in [1.54, 1.807) is 12.4 Å². The normalized spacial score (nSPS) is 13.0. The summed E-state index contributed by atoms with van der Waals surface area (Å²) in [6, 6.07) is 10.0. The van der Waals surface area contributed by atoms with E-state index in [4.69, 9.17) is 10.5 Å². The maximum absolute atomic E-state index is 5.86. The van der Waals surface area contributed by atoms with Crippen LogP contribution in [-0.4, -0.2) is 21.6 Å². The SMILES string of the molecule is Nc1nc(-c2ccc3c(c2)CCO3)c(-c2ccncc2)[nH]1. The van der Waals surface area contributed by atoms with E-state index < -0.39 is 0 Å². The van der Waals surface area contributed by atoms with Gasteiger partial charge in [-0.2, -0.15) is 0 Å². The molecule has 2 aromatic heterocycles. The first-order chi connectivity index (χ1) is 10.3. The van der Waals surface area contributed by atoms with Crippen molar-refractivity contribution in [3.8, 4) is 28.3 Å². The molecule has 0 unspecified atom stereocenters. The third-order valence-corrected chi connectivity index (χ3v) is 3.65. The van der Waals surface area contributed by atoms with Gasteiger partial charge in [-0.25, -0.2) is 4.98 Å². The zero-order chi connectivity index (χ0) is 14.2. The molecule has 3 heterocycles. The first kappa shape index (κ1) is 12.0. The lowest BCUT2D eigenvalue weighted by molar-refractivity contribution is 0.357. The van der Waals surface area contributed by atoms with Gasteiger partial charge in [-0.3, -0.25) is 4.98 Å². The minimum Gasteiger partial charge on any atom is -0.493 e. The summed E-state index contributed by atoms with van der Waals surface area (Å²) < 4.78 is 5.55. The Morgan fingerprint density at radius 1 is 1.10 bits per heavy atom. The average Bonchev–Trinajstić information content (AvgIpc) is 3.13. The largest absolute Gasteiger partial charge is 0.493 e. The summed E-state index contributed by atoms with van der Waals surface area (Å²) in [5.41, 5.74) is 10.9. The number of anilines is 1. The third-order valence-electron chi connectivity index (χ3n) is 3.65. The maximum Gasteiger partial charge on any atom is 0.198 e. The van der Waals surface area contributed by atoms with Gasteiger partial charge in [-0.05, 0) is 35.9 Å². The highest BCUT2D eigenvalue weighted by Gasteiger charge is 2.17. The molecule has 5 nitrogen and oxygen atoms in total. The van der Waals surface area contributed by atoms with E-state index >= 15 is 0 Å². The summed E-state index contributed by atoms with van der Waals surface area (Å²) in [6.07, 6.45) is 4.45. The lowest BCUT2D eigenvalue weighted by Crippen LogP contribution is -1.86. The van der Waals surface area contributed by atoms with Gasteiger partial charge in [0.2, 0.25) is 0 Å². The van der Waals surface area contributed by atoms with Crippen LogP contribution in [0.1, 0.15) is 5.56 Å². The number of aromatic amines is 1. The molecule has 0 atom stereocenters. The number of nitrogens with one attached hydrogen (secondary N) is 1. The van der Waals surface area contributed by atoms with E-state index in [0.717, 1.165) is 41.3 Å². The number of H-pyrrole nitrogens is 1. The zero-order valence-electron chi connectivity index (χ0n) is 11.3.